The van der Waals surface area contributed by atoms with Crippen LogP contribution in [0.4, 0.5) is 8.78 Å². The van der Waals surface area contributed by atoms with Crippen molar-refractivity contribution < 1.29 is 23.7 Å². The van der Waals surface area contributed by atoms with Crippen molar-refractivity contribution in [1.29, 1.82) is 0 Å². The molecule has 0 amide bonds. The number of aliphatic hydroxyl groups excluding tert-OH is 2. The Bertz CT molecular complexity index is 645. The van der Waals surface area contributed by atoms with Crippen LogP contribution in [-0.4, -0.2) is 44.0 Å². The SMILES string of the molecule is CC1(F)C(n2cc(Br)c(=O)[nH]c2=O)OC(F)(CO)C1O. The van der Waals surface area contributed by atoms with E-state index in [2.05, 4.69) is 20.7 Å². The van der Waals surface area contributed by atoms with Crippen LogP contribution in [0.5, 0.6) is 0 Å². The van der Waals surface area contributed by atoms with Crippen LogP contribution < -0.4 is 11.2 Å². The number of nitrogens with one attached hydrogen (secondary N) is 1. The van der Waals surface area contributed by atoms with Crippen LogP contribution in [0, 0.1) is 0 Å². The fourth-order valence-corrected chi connectivity index (χ4v) is 2.33. The van der Waals surface area contributed by atoms with Gasteiger partial charge in [0.1, 0.15) is 6.61 Å². The standard InChI is InChI=1S/C10H11BrF2N2O5/c1-9(12)6(18)10(13,3-16)20-7(9)15-2-4(11)5(17)14-8(15)19/h2,6-7,16,18H,3H2,1H3,(H,14,17,19). The van der Waals surface area contributed by atoms with E-state index >= 15 is 0 Å². The number of alkyl halides is 2. The molecule has 1 aromatic rings. The van der Waals surface area contributed by atoms with Crippen molar-refractivity contribution in [2.75, 3.05) is 6.61 Å². The van der Waals surface area contributed by atoms with Crippen molar-refractivity contribution in [3.05, 3.63) is 31.5 Å². The molecule has 0 aliphatic carbocycles. The molecule has 1 aromatic heterocycles. The van der Waals surface area contributed by atoms with Gasteiger partial charge in [-0.3, -0.25) is 14.3 Å². The van der Waals surface area contributed by atoms with Crippen LogP contribution in [0.3, 0.4) is 0 Å². The third-order valence-corrected chi connectivity index (χ3v) is 3.69. The smallest absolute Gasteiger partial charge is 0.330 e. The van der Waals surface area contributed by atoms with Gasteiger partial charge in [0.25, 0.3) is 11.4 Å². The Morgan fingerprint density at radius 2 is 2.15 bits per heavy atom. The molecule has 4 atom stereocenters. The van der Waals surface area contributed by atoms with Gasteiger partial charge < -0.3 is 14.9 Å². The fourth-order valence-electron chi connectivity index (χ4n) is 2.01. The van der Waals surface area contributed by atoms with E-state index < -0.39 is 41.7 Å². The highest BCUT2D eigenvalue weighted by atomic mass is 79.9. The van der Waals surface area contributed by atoms with Gasteiger partial charge >= 0.3 is 5.69 Å². The molecule has 112 valence electrons. The van der Waals surface area contributed by atoms with E-state index in [1.54, 1.807) is 0 Å². The quantitative estimate of drug-likeness (QED) is 0.667. The summed E-state index contributed by atoms with van der Waals surface area (Å²) in [5.41, 5.74) is -4.49. The summed E-state index contributed by atoms with van der Waals surface area (Å²) >= 11 is 2.84. The zero-order chi connectivity index (χ0) is 15.3. The molecule has 1 aliphatic heterocycles. The first-order valence-electron chi connectivity index (χ1n) is 5.49. The third-order valence-electron chi connectivity index (χ3n) is 3.13. The van der Waals surface area contributed by atoms with E-state index in [0.717, 1.165) is 13.1 Å². The van der Waals surface area contributed by atoms with Gasteiger partial charge in [-0.2, -0.15) is 0 Å². The van der Waals surface area contributed by atoms with Crippen LogP contribution in [0.2, 0.25) is 0 Å². The summed E-state index contributed by atoms with van der Waals surface area (Å²) < 4.78 is 33.6. The van der Waals surface area contributed by atoms with Crippen molar-refractivity contribution in [1.82, 2.24) is 9.55 Å². The lowest BCUT2D eigenvalue weighted by molar-refractivity contribution is -0.207. The molecule has 2 rings (SSSR count). The number of aromatic nitrogens is 2. The summed E-state index contributed by atoms with van der Waals surface area (Å²) in [6, 6.07) is 0. The fraction of sp³-hybridized carbons (Fsp3) is 0.600. The highest BCUT2D eigenvalue weighted by Crippen LogP contribution is 2.46. The molecule has 0 radical (unpaired) electrons. The van der Waals surface area contributed by atoms with Gasteiger partial charge in [-0.05, 0) is 22.9 Å². The van der Waals surface area contributed by atoms with Crippen LogP contribution in [-0.2, 0) is 4.74 Å². The molecule has 3 N–H and O–H groups in total. The number of aromatic amines is 1. The second-order valence-electron chi connectivity index (χ2n) is 4.61. The first kappa shape index (κ1) is 15.3. The highest BCUT2D eigenvalue weighted by molar-refractivity contribution is 9.10. The molecular formula is C10H11BrF2N2O5. The third kappa shape index (κ3) is 2.12. The summed E-state index contributed by atoms with van der Waals surface area (Å²) in [6.07, 6.45) is -3.24. The molecule has 0 bridgehead atoms. The van der Waals surface area contributed by atoms with Crippen molar-refractivity contribution in [3.8, 4) is 0 Å². The van der Waals surface area contributed by atoms with Crippen LogP contribution >= 0.6 is 15.9 Å². The number of rotatable bonds is 2. The van der Waals surface area contributed by atoms with Gasteiger partial charge in [-0.1, -0.05) is 0 Å². The zero-order valence-electron chi connectivity index (χ0n) is 10.1. The monoisotopic (exact) mass is 356 g/mol. The Morgan fingerprint density at radius 3 is 2.65 bits per heavy atom. The number of H-pyrrole nitrogens is 1. The van der Waals surface area contributed by atoms with E-state index in [4.69, 9.17) is 5.11 Å². The summed E-state index contributed by atoms with van der Waals surface area (Å²) in [4.78, 5) is 24.7. The number of halogens is 3. The van der Waals surface area contributed by atoms with Crippen molar-refractivity contribution in [3.63, 3.8) is 0 Å². The number of ether oxygens (including phenoxy) is 1. The maximum absolute atomic E-state index is 14.5. The van der Waals surface area contributed by atoms with E-state index in [1.807, 2.05) is 4.98 Å². The summed E-state index contributed by atoms with van der Waals surface area (Å²) in [5, 5.41) is 18.5. The van der Waals surface area contributed by atoms with Crippen LogP contribution in [0.1, 0.15) is 13.2 Å². The van der Waals surface area contributed by atoms with Gasteiger partial charge in [0, 0.05) is 6.20 Å². The first-order chi connectivity index (χ1) is 9.13. The molecule has 2 heterocycles. The van der Waals surface area contributed by atoms with Gasteiger partial charge in [0.15, 0.2) is 18.0 Å². The minimum absolute atomic E-state index is 0.105. The molecule has 4 unspecified atom stereocenters. The molecule has 10 heteroatoms. The zero-order valence-corrected chi connectivity index (χ0v) is 11.7. The first-order valence-corrected chi connectivity index (χ1v) is 6.28. The number of aliphatic hydroxyl groups is 2. The van der Waals surface area contributed by atoms with Crippen molar-refractivity contribution in [2.24, 2.45) is 0 Å². The van der Waals surface area contributed by atoms with Gasteiger partial charge in [0.2, 0.25) is 0 Å². The molecule has 1 aliphatic rings. The van der Waals surface area contributed by atoms with E-state index in [1.165, 1.54) is 0 Å². The van der Waals surface area contributed by atoms with E-state index in [-0.39, 0.29) is 4.47 Å². The highest BCUT2D eigenvalue weighted by Gasteiger charge is 2.64. The Kier molecular flexibility index (Phi) is 3.61. The predicted octanol–water partition coefficient (Wildman–Crippen LogP) is -0.425. The summed E-state index contributed by atoms with van der Waals surface area (Å²) in [7, 11) is 0. The molecule has 0 aromatic carbocycles. The number of hydrogen-bond donors (Lipinski definition) is 3. The van der Waals surface area contributed by atoms with Crippen molar-refractivity contribution >= 4 is 15.9 Å². The molecule has 0 saturated carbocycles. The summed E-state index contributed by atoms with van der Waals surface area (Å²) in [6.45, 7) is -0.464. The van der Waals surface area contributed by atoms with Gasteiger partial charge in [0.05, 0.1) is 4.47 Å². The second kappa shape index (κ2) is 4.72. The Morgan fingerprint density at radius 1 is 1.55 bits per heavy atom. The Balaban J connectivity index is 2.57. The Hall–Kier alpha value is -1.10. The minimum Gasteiger partial charge on any atom is -0.390 e. The topological polar surface area (TPSA) is 105 Å². The Labute approximate surface area is 118 Å². The lowest BCUT2D eigenvalue weighted by Gasteiger charge is -2.24. The molecule has 20 heavy (non-hydrogen) atoms. The second-order valence-corrected chi connectivity index (χ2v) is 5.47. The van der Waals surface area contributed by atoms with Crippen LogP contribution in [0.15, 0.2) is 20.3 Å². The van der Waals surface area contributed by atoms with Gasteiger partial charge in [-0.25, -0.2) is 13.6 Å². The molecule has 1 fully saturated rings. The number of hydrogen-bond acceptors (Lipinski definition) is 5. The largest absolute Gasteiger partial charge is 0.390 e. The molecule has 1 saturated heterocycles. The van der Waals surface area contributed by atoms with E-state index in [9.17, 15) is 23.5 Å². The minimum atomic E-state index is -3.05. The average Bonchev–Trinajstić information content (AvgIpc) is 2.56. The summed E-state index contributed by atoms with van der Waals surface area (Å²) in [5.74, 6) is -3.05. The lowest BCUT2D eigenvalue weighted by Crippen LogP contribution is -2.47. The average molecular weight is 357 g/mol. The predicted molar refractivity (Wildman–Crippen MR) is 65.6 cm³/mol. The molecular weight excluding hydrogens is 346 g/mol. The van der Waals surface area contributed by atoms with Crippen LogP contribution in [0.25, 0.3) is 0 Å². The normalized spacial score (nSPS) is 37.3. The lowest BCUT2D eigenvalue weighted by atomic mass is 9.97. The molecule has 7 nitrogen and oxygen atoms in total. The number of nitrogens with zero attached hydrogens (tertiary/aromatic N) is 1. The maximum atomic E-state index is 14.5. The van der Waals surface area contributed by atoms with E-state index in [0.29, 0.717) is 4.57 Å². The van der Waals surface area contributed by atoms with Gasteiger partial charge in [-0.15, -0.1) is 0 Å². The molecule has 0 spiro atoms. The van der Waals surface area contributed by atoms with Crippen molar-refractivity contribution in [2.45, 2.75) is 30.8 Å². The maximum Gasteiger partial charge on any atom is 0.330 e.